The van der Waals surface area contributed by atoms with E-state index in [1.165, 1.54) is 6.92 Å². The number of carbonyl (C=O) groups is 1. The highest BCUT2D eigenvalue weighted by molar-refractivity contribution is 5.66. The van der Waals surface area contributed by atoms with E-state index in [4.69, 9.17) is 42.6 Å². The van der Waals surface area contributed by atoms with Crippen LogP contribution in [0.3, 0.4) is 0 Å². The fraction of sp³-hybridized carbons (Fsp3) is 0.935. The van der Waals surface area contributed by atoms with Crippen LogP contribution in [-0.2, 0) is 47.4 Å². The molecular formula is C46H72O17. The van der Waals surface area contributed by atoms with E-state index in [9.17, 15) is 40.5 Å². The van der Waals surface area contributed by atoms with Crippen molar-refractivity contribution in [3.8, 4) is 0 Å². The Hall–Kier alpha value is -1.39. The van der Waals surface area contributed by atoms with Crippen molar-refractivity contribution in [1.29, 1.82) is 0 Å². The average Bonchev–Trinajstić information content (AvgIpc) is 3.68. The van der Waals surface area contributed by atoms with Crippen LogP contribution in [0.15, 0.2) is 11.6 Å². The molecule has 17 nitrogen and oxygen atoms in total. The second-order valence-corrected chi connectivity index (χ2v) is 21.3. The van der Waals surface area contributed by atoms with E-state index in [2.05, 4.69) is 33.8 Å². The number of ether oxygens (including phenoxy) is 9. The molecule has 0 aromatic carbocycles. The molecule has 1 spiro atoms. The predicted molar refractivity (Wildman–Crippen MR) is 218 cm³/mol. The summed E-state index contributed by atoms with van der Waals surface area (Å²) < 4.78 is 56.7. The summed E-state index contributed by atoms with van der Waals surface area (Å²) >= 11 is 0. The number of hydrogen-bond acceptors (Lipinski definition) is 17. The molecule has 0 aromatic heterocycles. The fourth-order valence-electron chi connectivity index (χ4n) is 14.1. The fourth-order valence-corrected chi connectivity index (χ4v) is 14.1. The van der Waals surface area contributed by atoms with E-state index in [1.54, 1.807) is 6.92 Å². The lowest BCUT2D eigenvalue weighted by molar-refractivity contribution is -0.391. The third-order valence-corrected chi connectivity index (χ3v) is 17.6. The van der Waals surface area contributed by atoms with Gasteiger partial charge in [-0.3, -0.25) is 4.79 Å². The van der Waals surface area contributed by atoms with Crippen molar-refractivity contribution in [2.75, 3.05) is 13.2 Å². The van der Waals surface area contributed by atoms with E-state index in [0.29, 0.717) is 30.1 Å². The van der Waals surface area contributed by atoms with Crippen LogP contribution in [0.4, 0.5) is 0 Å². The maximum Gasteiger partial charge on any atom is 0.303 e. The van der Waals surface area contributed by atoms with Crippen molar-refractivity contribution in [2.45, 2.75) is 210 Å². The van der Waals surface area contributed by atoms with Gasteiger partial charge in [0.1, 0.15) is 48.8 Å². The first-order chi connectivity index (χ1) is 29.8. The number of aliphatic hydroxyl groups excluding tert-OH is 7. The lowest BCUT2D eigenvalue weighted by Gasteiger charge is -2.60. The van der Waals surface area contributed by atoms with E-state index < -0.39 is 115 Å². The highest BCUT2D eigenvalue weighted by Gasteiger charge is 2.70. The normalized spacial score (nSPS) is 56.8. The van der Waals surface area contributed by atoms with Gasteiger partial charge in [-0.05, 0) is 87.4 Å². The number of aliphatic hydroxyl groups is 7. The number of allylic oxidation sites excluding steroid dienone is 1. The van der Waals surface area contributed by atoms with E-state index in [0.717, 1.165) is 57.6 Å². The Balaban J connectivity index is 1.01. The summed E-state index contributed by atoms with van der Waals surface area (Å²) in [5.41, 5.74) is 0.635. The molecule has 0 amide bonds. The molecule has 0 bridgehead atoms. The van der Waals surface area contributed by atoms with Gasteiger partial charge < -0.3 is 78.4 Å². The predicted octanol–water partition coefficient (Wildman–Crippen LogP) is 1.42. The summed E-state index contributed by atoms with van der Waals surface area (Å²) in [6.07, 6.45) is -12.2. The van der Waals surface area contributed by atoms with Gasteiger partial charge in [0.2, 0.25) is 0 Å². The van der Waals surface area contributed by atoms with E-state index >= 15 is 0 Å². The molecule has 26 atom stereocenters. The smallest absolute Gasteiger partial charge is 0.303 e. The third-order valence-electron chi connectivity index (χ3n) is 17.6. The van der Waals surface area contributed by atoms with Gasteiger partial charge in [0.15, 0.2) is 30.8 Å². The minimum Gasteiger partial charge on any atom is -0.457 e. The molecule has 8 fully saturated rings. The van der Waals surface area contributed by atoms with Crippen LogP contribution >= 0.6 is 0 Å². The van der Waals surface area contributed by atoms with Crippen molar-refractivity contribution >= 4 is 5.97 Å². The molecule has 3 saturated carbocycles. The van der Waals surface area contributed by atoms with Crippen LogP contribution in [0.25, 0.3) is 0 Å². The molecule has 0 aromatic rings. The maximum atomic E-state index is 11.9. The van der Waals surface area contributed by atoms with Gasteiger partial charge in [0, 0.05) is 31.1 Å². The van der Waals surface area contributed by atoms with Crippen LogP contribution in [0.2, 0.25) is 0 Å². The van der Waals surface area contributed by atoms with Crippen LogP contribution in [-0.4, -0.2) is 165 Å². The first kappa shape index (κ1) is 46.7. The number of esters is 1. The topological polar surface area (TPSA) is 242 Å². The molecule has 7 N–H and O–H groups in total. The number of rotatable bonds is 7. The quantitative estimate of drug-likeness (QED) is 0.141. The van der Waals surface area contributed by atoms with Crippen molar-refractivity contribution in [3.05, 3.63) is 11.6 Å². The molecule has 5 heterocycles. The molecule has 5 saturated heterocycles. The summed E-state index contributed by atoms with van der Waals surface area (Å²) in [6, 6.07) is 0. The molecule has 0 radical (unpaired) electrons. The Morgan fingerprint density at radius 2 is 1.46 bits per heavy atom. The largest absolute Gasteiger partial charge is 0.457 e. The lowest BCUT2D eigenvalue weighted by Crippen LogP contribution is -2.66. The molecule has 9 rings (SSSR count). The molecule has 0 unspecified atom stereocenters. The van der Waals surface area contributed by atoms with Crippen LogP contribution in [0, 0.1) is 46.3 Å². The average molecular weight is 897 g/mol. The zero-order valence-electron chi connectivity index (χ0n) is 37.6. The Kier molecular flexibility index (Phi) is 12.8. The molecule has 17 heteroatoms. The Morgan fingerprint density at radius 3 is 2.17 bits per heavy atom. The molecule has 5 aliphatic heterocycles. The summed E-state index contributed by atoms with van der Waals surface area (Å²) in [7, 11) is 0. The summed E-state index contributed by atoms with van der Waals surface area (Å²) in [4.78, 5) is 11.9. The van der Waals surface area contributed by atoms with Crippen LogP contribution in [0.5, 0.6) is 0 Å². The SMILES string of the molecule is CC(=O)O[C@H]1[C@@H](O)[C@H](O[C@@H]2[C@H](O)[C@H](C)O[C@@H](O[C@H]3C[C@H](O)CC4=CC[C@@H]5[C@H]6C[C@H]7O[C@@]8(CC[C@H](C)CO8)[C@H](C)[C@H]7[C@@]6(C)CC[C@H]5[C@]43C)[C@@H]2O[C@@H]2O[C@H](C)[C@@H](O)[C@H](O)[C@@H]2O)OC[C@H]1O. The van der Waals surface area contributed by atoms with E-state index in [1.807, 2.05) is 0 Å². The molecule has 63 heavy (non-hydrogen) atoms. The van der Waals surface area contributed by atoms with Gasteiger partial charge in [-0.25, -0.2) is 0 Å². The highest BCUT2D eigenvalue weighted by Crippen LogP contribution is 2.71. The maximum absolute atomic E-state index is 11.9. The standard InChI is InChI=1S/C46H72O17/c1-19-10-13-46(56-17-19)20(2)32-30(63-46)16-28-26-9-8-24-14-25(48)15-31(45(24,7)27(26)11-12-44(28,32)6)60-43-40(62-42-36(53)35(52)33(50)21(3)57-42)39(34(51)22(4)58-43)61-41-37(54)38(59-23(5)47)29(49)18-55-41/h8,19-22,25-43,48-54H,9-18H2,1-7H3/t19-,20+,21+,22-,25+,26-,27+,28+,29+,30+,31-,32+,33+,34+,35-,36-,37+,38+,39+,40+,41-,42-,43-,44-,45-,46-/m0/s1. The molecule has 4 aliphatic carbocycles. The second-order valence-electron chi connectivity index (χ2n) is 21.3. The van der Waals surface area contributed by atoms with Crippen LogP contribution in [0.1, 0.15) is 99.8 Å². The monoisotopic (exact) mass is 896 g/mol. The van der Waals surface area contributed by atoms with Crippen molar-refractivity contribution in [1.82, 2.24) is 0 Å². The van der Waals surface area contributed by atoms with Gasteiger partial charge in [-0.15, -0.1) is 0 Å². The van der Waals surface area contributed by atoms with Crippen molar-refractivity contribution in [3.63, 3.8) is 0 Å². The zero-order valence-corrected chi connectivity index (χ0v) is 37.6. The number of fused-ring (bicyclic) bond motifs is 7. The lowest BCUT2D eigenvalue weighted by atomic mass is 9.46. The minimum absolute atomic E-state index is 0.0569. The van der Waals surface area contributed by atoms with Gasteiger partial charge in [-0.1, -0.05) is 39.3 Å². The van der Waals surface area contributed by atoms with Crippen LogP contribution < -0.4 is 0 Å². The Bertz CT molecular complexity index is 1690. The Morgan fingerprint density at radius 1 is 0.746 bits per heavy atom. The summed E-state index contributed by atoms with van der Waals surface area (Å²) in [5, 5.41) is 77.5. The number of carbonyl (C=O) groups excluding carboxylic acids is 1. The summed E-state index contributed by atoms with van der Waals surface area (Å²) in [6.45, 7) is 13.9. The zero-order chi connectivity index (χ0) is 45.1. The highest BCUT2D eigenvalue weighted by atomic mass is 16.8. The van der Waals surface area contributed by atoms with E-state index in [-0.39, 0.29) is 36.4 Å². The first-order valence-corrected chi connectivity index (χ1v) is 23.6. The van der Waals surface area contributed by atoms with Crippen molar-refractivity contribution in [2.24, 2.45) is 46.3 Å². The van der Waals surface area contributed by atoms with Gasteiger partial charge in [0.05, 0.1) is 43.7 Å². The Labute approximate surface area is 369 Å². The molecular weight excluding hydrogens is 824 g/mol. The van der Waals surface area contributed by atoms with Gasteiger partial charge in [-0.2, -0.15) is 0 Å². The second kappa shape index (κ2) is 17.3. The summed E-state index contributed by atoms with van der Waals surface area (Å²) in [5.74, 6) is 0.844. The van der Waals surface area contributed by atoms with Crippen molar-refractivity contribution < 1.29 is 83.2 Å². The number of hydrogen-bond donors (Lipinski definition) is 7. The molecule has 358 valence electrons. The van der Waals surface area contributed by atoms with Gasteiger partial charge in [0.25, 0.3) is 0 Å². The molecule has 9 aliphatic rings. The van der Waals surface area contributed by atoms with Gasteiger partial charge >= 0.3 is 5.97 Å². The third kappa shape index (κ3) is 7.78. The first-order valence-electron chi connectivity index (χ1n) is 23.6. The minimum atomic E-state index is -1.74.